The molecule has 1 aliphatic heterocycles. The van der Waals surface area contributed by atoms with Crippen LogP contribution in [0.3, 0.4) is 0 Å². The molecule has 0 saturated carbocycles. The van der Waals surface area contributed by atoms with Crippen LogP contribution in [0, 0.1) is 0 Å². The normalized spacial score (nSPS) is 45.6. The van der Waals surface area contributed by atoms with E-state index >= 15 is 0 Å². The van der Waals surface area contributed by atoms with Gasteiger partial charge in [0.15, 0.2) is 0 Å². The molecule has 1 saturated heterocycles. The average molecular weight is 208 g/mol. The van der Waals surface area contributed by atoms with Crippen LogP contribution in [-0.2, 0) is 4.74 Å². The van der Waals surface area contributed by atoms with Gasteiger partial charge >= 0.3 is 0 Å². The summed E-state index contributed by atoms with van der Waals surface area (Å²) in [4.78, 5) is 0. The van der Waals surface area contributed by atoms with Crippen molar-refractivity contribution in [3.63, 3.8) is 0 Å². The summed E-state index contributed by atoms with van der Waals surface area (Å²) in [6.45, 7) is -0.325. The van der Waals surface area contributed by atoms with Crippen molar-refractivity contribution in [1.29, 1.82) is 0 Å². The molecule has 0 radical (unpaired) electrons. The van der Waals surface area contributed by atoms with Gasteiger partial charge in [-0.1, -0.05) is 0 Å². The lowest BCUT2D eigenvalue weighted by molar-refractivity contribution is -0.175. The Morgan fingerprint density at radius 1 is 1.00 bits per heavy atom. The predicted octanol–water partition coefficient (Wildman–Crippen LogP) is -2.79. The highest BCUT2D eigenvalue weighted by Gasteiger charge is 2.37. The van der Waals surface area contributed by atoms with Crippen LogP contribution >= 0.6 is 0 Å². The largest absolute Gasteiger partial charge is 0.394 e. The molecule has 0 aromatic rings. The SMILES string of the molecule is OCC1OCCC(O)C(O)C(O)C1O. The number of hydrogen-bond donors (Lipinski definition) is 5. The second-order valence-corrected chi connectivity index (χ2v) is 3.42. The van der Waals surface area contributed by atoms with E-state index in [-0.39, 0.29) is 13.0 Å². The number of ether oxygens (including phenoxy) is 1. The second-order valence-electron chi connectivity index (χ2n) is 3.42. The molecule has 1 aliphatic rings. The van der Waals surface area contributed by atoms with E-state index in [9.17, 15) is 20.4 Å². The number of rotatable bonds is 1. The van der Waals surface area contributed by atoms with Gasteiger partial charge in [0, 0.05) is 6.61 Å². The van der Waals surface area contributed by atoms with E-state index in [1.807, 2.05) is 0 Å². The number of hydrogen-bond acceptors (Lipinski definition) is 6. The van der Waals surface area contributed by atoms with Crippen LogP contribution in [0.1, 0.15) is 6.42 Å². The maximum atomic E-state index is 9.42. The Bertz CT molecular complexity index is 169. The fourth-order valence-corrected chi connectivity index (χ4v) is 1.42. The van der Waals surface area contributed by atoms with Crippen molar-refractivity contribution in [3.05, 3.63) is 0 Å². The molecule has 0 aliphatic carbocycles. The maximum absolute atomic E-state index is 9.42. The molecule has 5 N–H and O–H groups in total. The van der Waals surface area contributed by atoms with Gasteiger partial charge in [-0.05, 0) is 6.42 Å². The van der Waals surface area contributed by atoms with Crippen molar-refractivity contribution in [1.82, 2.24) is 0 Å². The molecule has 0 bridgehead atoms. The third kappa shape index (κ3) is 2.41. The zero-order valence-electron chi connectivity index (χ0n) is 7.65. The van der Waals surface area contributed by atoms with Crippen molar-refractivity contribution in [2.75, 3.05) is 13.2 Å². The van der Waals surface area contributed by atoms with Crippen molar-refractivity contribution >= 4 is 0 Å². The maximum Gasteiger partial charge on any atom is 0.111 e. The molecule has 6 heteroatoms. The summed E-state index contributed by atoms with van der Waals surface area (Å²) in [6, 6.07) is 0. The third-order valence-corrected chi connectivity index (χ3v) is 2.40. The molecule has 1 fully saturated rings. The second kappa shape index (κ2) is 5.01. The highest BCUT2D eigenvalue weighted by atomic mass is 16.5. The summed E-state index contributed by atoms with van der Waals surface area (Å²) in [5.74, 6) is 0. The number of aliphatic hydroxyl groups is 5. The summed E-state index contributed by atoms with van der Waals surface area (Å²) >= 11 is 0. The molecule has 5 unspecified atom stereocenters. The Kier molecular flexibility index (Phi) is 4.24. The van der Waals surface area contributed by atoms with Crippen LogP contribution in [0.5, 0.6) is 0 Å². The first-order valence-corrected chi connectivity index (χ1v) is 4.52. The molecule has 1 rings (SSSR count). The summed E-state index contributed by atoms with van der Waals surface area (Å²) in [6.07, 6.45) is -6.22. The first-order valence-electron chi connectivity index (χ1n) is 4.52. The van der Waals surface area contributed by atoms with E-state index in [1.165, 1.54) is 0 Å². The zero-order valence-corrected chi connectivity index (χ0v) is 7.65. The summed E-state index contributed by atoms with van der Waals surface area (Å²) < 4.78 is 5.00. The van der Waals surface area contributed by atoms with Crippen molar-refractivity contribution in [2.45, 2.75) is 36.9 Å². The van der Waals surface area contributed by atoms with Gasteiger partial charge < -0.3 is 30.3 Å². The van der Waals surface area contributed by atoms with E-state index in [0.717, 1.165) is 0 Å². The van der Waals surface area contributed by atoms with Crippen LogP contribution in [0.15, 0.2) is 0 Å². The molecule has 0 aromatic heterocycles. The van der Waals surface area contributed by atoms with Gasteiger partial charge in [0.2, 0.25) is 0 Å². The summed E-state index contributed by atoms with van der Waals surface area (Å²) in [5, 5.41) is 46.2. The molecule has 0 amide bonds. The van der Waals surface area contributed by atoms with Crippen molar-refractivity contribution in [2.24, 2.45) is 0 Å². The quantitative estimate of drug-likeness (QED) is 0.318. The monoisotopic (exact) mass is 208 g/mol. The zero-order chi connectivity index (χ0) is 10.7. The molecule has 6 nitrogen and oxygen atoms in total. The fraction of sp³-hybridized carbons (Fsp3) is 1.00. The van der Waals surface area contributed by atoms with Crippen LogP contribution < -0.4 is 0 Å². The van der Waals surface area contributed by atoms with E-state index in [2.05, 4.69) is 0 Å². The van der Waals surface area contributed by atoms with Crippen LogP contribution in [0.4, 0.5) is 0 Å². The van der Waals surface area contributed by atoms with E-state index in [0.29, 0.717) is 0 Å². The van der Waals surface area contributed by atoms with Gasteiger partial charge in [-0.3, -0.25) is 0 Å². The average Bonchev–Trinajstić information content (AvgIpc) is 2.20. The predicted molar refractivity (Wildman–Crippen MR) is 45.5 cm³/mol. The van der Waals surface area contributed by atoms with Gasteiger partial charge in [0.05, 0.1) is 12.7 Å². The van der Waals surface area contributed by atoms with E-state index in [4.69, 9.17) is 9.84 Å². The van der Waals surface area contributed by atoms with E-state index in [1.54, 1.807) is 0 Å². The van der Waals surface area contributed by atoms with Gasteiger partial charge in [0.1, 0.15) is 24.4 Å². The standard InChI is InChI=1S/C8H16O6/c9-3-5-7(12)8(13)6(11)4(10)1-2-14-5/h4-13H,1-3H2. The minimum absolute atomic E-state index is 0.118. The minimum atomic E-state index is -1.51. The minimum Gasteiger partial charge on any atom is -0.394 e. The van der Waals surface area contributed by atoms with Crippen LogP contribution in [0.2, 0.25) is 0 Å². The fourth-order valence-electron chi connectivity index (χ4n) is 1.42. The molecule has 14 heavy (non-hydrogen) atoms. The van der Waals surface area contributed by atoms with Gasteiger partial charge in [-0.2, -0.15) is 0 Å². The molecule has 0 spiro atoms. The smallest absolute Gasteiger partial charge is 0.111 e. The molecular weight excluding hydrogens is 192 g/mol. The van der Waals surface area contributed by atoms with Crippen molar-refractivity contribution < 1.29 is 30.3 Å². The highest BCUT2D eigenvalue weighted by molar-refractivity contribution is 4.87. The Hall–Kier alpha value is -0.240. The molecular formula is C8H16O6. The first kappa shape index (κ1) is 11.8. The van der Waals surface area contributed by atoms with Crippen LogP contribution in [-0.4, -0.2) is 69.3 Å². The Morgan fingerprint density at radius 2 is 1.64 bits per heavy atom. The molecule has 84 valence electrons. The Labute approximate surface area is 81.4 Å². The van der Waals surface area contributed by atoms with E-state index < -0.39 is 37.1 Å². The molecule has 5 atom stereocenters. The lowest BCUT2D eigenvalue weighted by Crippen LogP contribution is -2.53. The number of aliphatic hydroxyl groups excluding tert-OH is 5. The third-order valence-electron chi connectivity index (χ3n) is 2.40. The van der Waals surface area contributed by atoms with Crippen LogP contribution in [0.25, 0.3) is 0 Å². The molecule has 0 aromatic carbocycles. The molecule has 1 heterocycles. The van der Waals surface area contributed by atoms with Gasteiger partial charge in [-0.25, -0.2) is 0 Å². The lowest BCUT2D eigenvalue weighted by Gasteiger charge is -2.33. The van der Waals surface area contributed by atoms with Crippen molar-refractivity contribution in [3.8, 4) is 0 Å². The lowest BCUT2D eigenvalue weighted by atomic mass is 9.96. The summed E-state index contributed by atoms with van der Waals surface area (Å²) in [7, 11) is 0. The van der Waals surface area contributed by atoms with Gasteiger partial charge in [0.25, 0.3) is 0 Å². The summed E-state index contributed by atoms with van der Waals surface area (Å²) in [5.41, 5.74) is 0. The Balaban J connectivity index is 2.67. The first-order chi connectivity index (χ1) is 6.57. The Morgan fingerprint density at radius 3 is 2.21 bits per heavy atom. The topological polar surface area (TPSA) is 110 Å². The highest BCUT2D eigenvalue weighted by Crippen LogP contribution is 2.16. The van der Waals surface area contributed by atoms with Gasteiger partial charge in [-0.15, -0.1) is 0 Å².